The summed E-state index contributed by atoms with van der Waals surface area (Å²) in [6, 6.07) is 16.0. The first kappa shape index (κ1) is 15.8. The molecule has 2 rings (SSSR count). The number of thiocarbonyl (C=S) groups is 1. The average Bonchev–Trinajstić information content (AvgIpc) is 2.45. The third-order valence-corrected chi connectivity index (χ3v) is 3.65. The summed E-state index contributed by atoms with van der Waals surface area (Å²) in [6.45, 7) is 4.99. The van der Waals surface area contributed by atoms with Gasteiger partial charge in [0.1, 0.15) is 0 Å². The van der Waals surface area contributed by atoms with Crippen LogP contribution in [0.1, 0.15) is 30.9 Å². The van der Waals surface area contributed by atoms with Gasteiger partial charge in [0.05, 0.1) is 0 Å². The van der Waals surface area contributed by atoms with E-state index < -0.39 is 0 Å². The third kappa shape index (κ3) is 4.73. The van der Waals surface area contributed by atoms with Gasteiger partial charge in [-0.05, 0) is 47.5 Å². The lowest BCUT2D eigenvalue weighted by Crippen LogP contribution is -2.28. The van der Waals surface area contributed by atoms with Gasteiger partial charge in [0.25, 0.3) is 0 Å². The van der Waals surface area contributed by atoms with Crippen LogP contribution < -0.4 is 10.6 Å². The van der Waals surface area contributed by atoms with Crippen LogP contribution in [0.25, 0.3) is 0 Å². The van der Waals surface area contributed by atoms with Crippen LogP contribution in [-0.4, -0.2) is 5.11 Å². The van der Waals surface area contributed by atoms with Crippen molar-refractivity contribution in [2.75, 3.05) is 5.32 Å². The predicted molar refractivity (Wildman–Crippen MR) is 95.0 cm³/mol. The number of para-hydroxylation sites is 1. The molecule has 0 aliphatic rings. The summed E-state index contributed by atoms with van der Waals surface area (Å²) in [5.74, 6) is 0.449. The highest BCUT2D eigenvalue weighted by molar-refractivity contribution is 7.80. The fourth-order valence-electron chi connectivity index (χ4n) is 2.11. The lowest BCUT2D eigenvalue weighted by Gasteiger charge is -2.16. The van der Waals surface area contributed by atoms with Gasteiger partial charge in [-0.3, -0.25) is 0 Å². The van der Waals surface area contributed by atoms with E-state index in [1.807, 2.05) is 42.5 Å². The summed E-state index contributed by atoms with van der Waals surface area (Å²) in [5.41, 5.74) is 3.41. The van der Waals surface area contributed by atoms with Crippen LogP contribution in [-0.2, 0) is 6.54 Å². The molecule has 21 heavy (non-hydrogen) atoms. The Bertz CT molecular complexity index is 626. The summed E-state index contributed by atoms with van der Waals surface area (Å²) in [6.07, 6.45) is 0. The number of hydrogen-bond acceptors (Lipinski definition) is 1. The standard InChI is InChI=1S/C17H19ClN2S/c1-12(2)15-8-3-4-9-16(15)20-17(21)19-11-13-6-5-7-14(18)10-13/h3-10,12H,11H2,1-2H3,(H2,19,20,21). The molecule has 0 saturated carbocycles. The van der Waals surface area contributed by atoms with Gasteiger partial charge in [0, 0.05) is 17.3 Å². The van der Waals surface area contributed by atoms with E-state index in [-0.39, 0.29) is 0 Å². The molecule has 0 aromatic heterocycles. The molecule has 0 amide bonds. The highest BCUT2D eigenvalue weighted by Gasteiger charge is 2.06. The van der Waals surface area contributed by atoms with Gasteiger partial charge in [-0.2, -0.15) is 0 Å². The van der Waals surface area contributed by atoms with Crippen LogP contribution in [0.3, 0.4) is 0 Å². The molecule has 0 atom stereocenters. The highest BCUT2D eigenvalue weighted by Crippen LogP contribution is 2.23. The van der Waals surface area contributed by atoms with Crippen molar-refractivity contribution in [3.63, 3.8) is 0 Å². The van der Waals surface area contributed by atoms with Crippen LogP contribution in [0.5, 0.6) is 0 Å². The average molecular weight is 319 g/mol. The minimum atomic E-state index is 0.449. The van der Waals surface area contributed by atoms with Crippen LogP contribution in [0, 0.1) is 0 Å². The molecule has 0 aliphatic carbocycles. The van der Waals surface area contributed by atoms with Crippen molar-refractivity contribution in [1.82, 2.24) is 5.32 Å². The molecular weight excluding hydrogens is 300 g/mol. The van der Waals surface area contributed by atoms with Gasteiger partial charge in [0.2, 0.25) is 0 Å². The molecule has 0 unspecified atom stereocenters. The second-order valence-corrected chi connectivity index (χ2v) is 6.02. The number of hydrogen-bond donors (Lipinski definition) is 2. The fraction of sp³-hybridized carbons (Fsp3) is 0.235. The smallest absolute Gasteiger partial charge is 0.171 e. The zero-order valence-corrected chi connectivity index (χ0v) is 13.8. The molecule has 4 heteroatoms. The van der Waals surface area contributed by atoms with Gasteiger partial charge in [-0.1, -0.05) is 55.8 Å². The largest absolute Gasteiger partial charge is 0.358 e. The van der Waals surface area contributed by atoms with Crippen LogP contribution in [0.4, 0.5) is 5.69 Å². The number of halogens is 1. The van der Waals surface area contributed by atoms with Gasteiger partial charge in [-0.15, -0.1) is 0 Å². The number of benzene rings is 2. The van der Waals surface area contributed by atoms with E-state index in [0.717, 1.165) is 16.3 Å². The molecule has 0 radical (unpaired) electrons. The molecule has 0 heterocycles. The summed E-state index contributed by atoms with van der Waals surface area (Å²) in [5, 5.41) is 7.82. The van der Waals surface area contributed by atoms with E-state index in [2.05, 4.69) is 30.5 Å². The lowest BCUT2D eigenvalue weighted by atomic mass is 10.0. The highest BCUT2D eigenvalue weighted by atomic mass is 35.5. The monoisotopic (exact) mass is 318 g/mol. The van der Waals surface area contributed by atoms with E-state index in [9.17, 15) is 0 Å². The molecule has 2 N–H and O–H groups in total. The maximum atomic E-state index is 5.97. The van der Waals surface area contributed by atoms with Gasteiger partial charge < -0.3 is 10.6 Å². The fourth-order valence-corrected chi connectivity index (χ4v) is 2.51. The van der Waals surface area contributed by atoms with Crippen LogP contribution in [0.2, 0.25) is 5.02 Å². The summed E-state index contributed by atoms with van der Waals surface area (Å²) >= 11 is 11.3. The van der Waals surface area contributed by atoms with Crippen LogP contribution >= 0.6 is 23.8 Å². The molecule has 2 aromatic carbocycles. The molecule has 0 saturated heterocycles. The van der Waals surface area contributed by atoms with E-state index in [0.29, 0.717) is 17.6 Å². The number of anilines is 1. The van der Waals surface area contributed by atoms with Crippen molar-refractivity contribution in [3.8, 4) is 0 Å². The Kier molecular flexibility index (Phi) is 5.59. The molecule has 2 aromatic rings. The maximum Gasteiger partial charge on any atom is 0.171 e. The maximum absolute atomic E-state index is 5.97. The van der Waals surface area contributed by atoms with Crippen molar-refractivity contribution in [2.45, 2.75) is 26.3 Å². The molecule has 110 valence electrons. The normalized spacial score (nSPS) is 10.5. The van der Waals surface area contributed by atoms with Gasteiger partial charge in [-0.25, -0.2) is 0 Å². The SMILES string of the molecule is CC(C)c1ccccc1NC(=S)NCc1cccc(Cl)c1. The number of rotatable bonds is 4. The van der Waals surface area contributed by atoms with Crippen molar-refractivity contribution in [2.24, 2.45) is 0 Å². The Morgan fingerprint density at radius 2 is 1.90 bits per heavy atom. The third-order valence-electron chi connectivity index (χ3n) is 3.17. The van der Waals surface area contributed by atoms with E-state index in [1.165, 1.54) is 5.56 Å². The van der Waals surface area contributed by atoms with Crippen molar-refractivity contribution < 1.29 is 0 Å². The molecule has 0 fully saturated rings. The second-order valence-electron chi connectivity index (χ2n) is 5.18. The molecule has 0 bridgehead atoms. The molecule has 0 aliphatic heterocycles. The molecule has 0 spiro atoms. The lowest BCUT2D eigenvalue weighted by molar-refractivity contribution is 0.868. The first-order chi connectivity index (χ1) is 10.1. The number of nitrogens with one attached hydrogen (secondary N) is 2. The quantitative estimate of drug-likeness (QED) is 0.780. The Labute approximate surface area is 136 Å². The minimum Gasteiger partial charge on any atom is -0.358 e. The Balaban J connectivity index is 1.96. The second kappa shape index (κ2) is 7.43. The minimum absolute atomic E-state index is 0.449. The first-order valence-electron chi connectivity index (χ1n) is 6.94. The van der Waals surface area contributed by atoms with E-state index >= 15 is 0 Å². The van der Waals surface area contributed by atoms with Crippen molar-refractivity contribution in [1.29, 1.82) is 0 Å². The summed E-state index contributed by atoms with van der Waals surface area (Å²) in [4.78, 5) is 0. The Hall–Kier alpha value is -1.58. The zero-order valence-electron chi connectivity index (χ0n) is 12.2. The Morgan fingerprint density at radius 1 is 1.14 bits per heavy atom. The summed E-state index contributed by atoms with van der Waals surface area (Å²) < 4.78 is 0. The van der Waals surface area contributed by atoms with E-state index in [4.69, 9.17) is 23.8 Å². The molecular formula is C17H19ClN2S. The predicted octanol–water partition coefficient (Wildman–Crippen LogP) is 4.95. The van der Waals surface area contributed by atoms with Crippen molar-refractivity contribution >= 4 is 34.6 Å². The topological polar surface area (TPSA) is 24.1 Å². The van der Waals surface area contributed by atoms with Crippen LogP contribution in [0.15, 0.2) is 48.5 Å². The van der Waals surface area contributed by atoms with Gasteiger partial charge >= 0.3 is 0 Å². The first-order valence-corrected chi connectivity index (χ1v) is 7.73. The summed E-state index contributed by atoms with van der Waals surface area (Å²) in [7, 11) is 0. The Morgan fingerprint density at radius 3 is 2.62 bits per heavy atom. The van der Waals surface area contributed by atoms with Crippen molar-refractivity contribution in [3.05, 3.63) is 64.7 Å². The zero-order chi connectivity index (χ0) is 15.2. The van der Waals surface area contributed by atoms with Gasteiger partial charge in [0.15, 0.2) is 5.11 Å². The van der Waals surface area contributed by atoms with E-state index in [1.54, 1.807) is 0 Å². The molecule has 2 nitrogen and oxygen atoms in total.